The van der Waals surface area contributed by atoms with E-state index in [0.717, 1.165) is 29.9 Å². The molecule has 8 nitrogen and oxygen atoms in total. The van der Waals surface area contributed by atoms with Crippen LogP contribution in [0.1, 0.15) is 33.2 Å². The number of hydrogen-bond donors (Lipinski definition) is 2. The Morgan fingerprint density at radius 2 is 1.87 bits per heavy atom. The highest BCUT2D eigenvalue weighted by molar-refractivity contribution is 5.84. The van der Waals surface area contributed by atoms with Gasteiger partial charge < -0.3 is 9.88 Å². The molecular formula is C15H20N8. The minimum absolute atomic E-state index is 0.259. The number of fused-ring (bicyclic) bond motifs is 1. The monoisotopic (exact) mass is 312 g/mol. The van der Waals surface area contributed by atoms with Crippen molar-refractivity contribution in [2.24, 2.45) is 0 Å². The predicted octanol–water partition coefficient (Wildman–Crippen LogP) is 2.76. The van der Waals surface area contributed by atoms with E-state index in [1.807, 2.05) is 4.57 Å². The Morgan fingerprint density at radius 3 is 2.57 bits per heavy atom. The molecule has 120 valence electrons. The van der Waals surface area contributed by atoms with E-state index in [4.69, 9.17) is 0 Å². The van der Waals surface area contributed by atoms with Gasteiger partial charge in [0.1, 0.15) is 0 Å². The van der Waals surface area contributed by atoms with Crippen molar-refractivity contribution in [3.63, 3.8) is 0 Å². The Hall–Kier alpha value is -2.77. The van der Waals surface area contributed by atoms with Gasteiger partial charge in [-0.15, -0.1) is 0 Å². The zero-order chi connectivity index (χ0) is 16.2. The Morgan fingerprint density at radius 1 is 1.09 bits per heavy atom. The SMILES string of the molecule is CCCNc1nc(Nc2ncccn2)nc2c1ncn2C(C)C. The molecule has 3 heterocycles. The molecule has 23 heavy (non-hydrogen) atoms. The summed E-state index contributed by atoms with van der Waals surface area (Å²) in [4.78, 5) is 21.8. The molecule has 3 aromatic rings. The number of nitrogens with one attached hydrogen (secondary N) is 2. The van der Waals surface area contributed by atoms with E-state index in [1.165, 1.54) is 0 Å². The topological polar surface area (TPSA) is 93.4 Å². The smallest absolute Gasteiger partial charge is 0.233 e. The maximum Gasteiger partial charge on any atom is 0.233 e. The average molecular weight is 312 g/mol. The van der Waals surface area contributed by atoms with Crippen LogP contribution >= 0.6 is 0 Å². The van der Waals surface area contributed by atoms with Crippen LogP contribution in [0.25, 0.3) is 11.2 Å². The fourth-order valence-electron chi connectivity index (χ4n) is 2.18. The zero-order valence-corrected chi connectivity index (χ0v) is 13.5. The molecule has 8 heteroatoms. The second-order valence-electron chi connectivity index (χ2n) is 5.44. The average Bonchev–Trinajstić information content (AvgIpc) is 2.98. The van der Waals surface area contributed by atoms with E-state index >= 15 is 0 Å². The van der Waals surface area contributed by atoms with Crippen LogP contribution in [0.3, 0.4) is 0 Å². The van der Waals surface area contributed by atoms with E-state index < -0.39 is 0 Å². The van der Waals surface area contributed by atoms with Gasteiger partial charge in [-0.3, -0.25) is 5.32 Å². The predicted molar refractivity (Wildman–Crippen MR) is 89.8 cm³/mol. The lowest BCUT2D eigenvalue weighted by Crippen LogP contribution is -2.08. The molecule has 3 rings (SSSR count). The normalized spacial score (nSPS) is 11.1. The third kappa shape index (κ3) is 3.20. The summed E-state index contributed by atoms with van der Waals surface area (Å²) in [6.07, 6.45) is 6.13. The molecule has 0 aromatic carbocycles. The highest BCUT2D eigenvalue weighted by atomic mass is 15.2. The van der Waals surface area contributed by atoms with Gasteiger partial charge in [-0.05, 0) is 26.3 Å². The summed E-state index contributed by atoms with van der Waals surface area (Å²) >= 11 is 0. The van der Waals surface area contributed by atoms with Crippen LogP contribution in [0, 0.1) is 0 Å². The molecule has 0 aliphatic rings. The lowest BCUT2D eigenvalue weighted by atomic mass is 10.4. The summed E-state index contributed by atoms with van der Waals surface area (Å²) < 4.78 is 2.02. The van der Waals surface area contributed by atoms with Crippen molar-refractivity contribution in [1.82, 2.24) is 29.5 Å². The number of rotatable bonds is 6. The molecule has 2 N–H and O–H groups in total. The lowest BCUT2D eigenvalue weighted by Gasteiger charge is -2.11. The first-order valence-corrected chi connectivity index (χ1v) is 7.71. The fraction of sp³-hybridized carbons (Fsp3) is 0.400. The third-order valence-electron chi connectivity index (χ3n) is 3.31. The molecule has 3 aromatic heterocycles. The maximum atomic E-state index is 4.58. The van der Waals surface area contributed by atoms with E-state index in [9.17, 15) is 0 Å². The van der Waals surface area contributed by atoms with Gasteiger partial charge in [-0.2, -0.15) is 9.97 Å². The van der Waals surface area contributed by atoms with Gasteiger partial charge in [0.05, 0.1) is 6.33 Å². The van der Waals surface area contributed by atoms with Crippen LogP contribution in [-0.2, 0) is 0 Å². The van der Waals surface area contributed by atoms with Crippen molar-refractivity contribution in [1.29, 1.82) is 0 Å². The van der Waals surface area contributed by atoms with Crippen LogP contribution in [0.5, 0.6) is 0 Å². The summed E-state index contributed by atoms with van der Waals surface area (Å²) in [7, 11) is 0. The number of nitrogens with zero attached hydrogens (tertiary/aromatic N) is 6. The zero-order valence-electron chi connectivity index (χ0n) is 13.5. The number of anilines is 3. The van der Waals surface area contributed by atoms with Crippen molar-refractivity contribution >= 4 is 28.9 Å². The lowest BCUT2D eigenvalue weighted by molar-refractivity contribution is 0.613. The van der Waals surface area contributed by atoms with E-state index in [0.29, 0.717) is 11.9 Å². The molecule has 0 atom stereocenters. The first kappa shape index (κ1) is 15.1. The van der Waals surface area contributed by atoms with Crippen LogP contribution < -0.4 is 10.6 Å². The molecular weight excluding hydrogens is 292 g/mol. The Balaban J connectivity index is 2.05. The summed E-state index contributed by atoms with van der Waals surface area (Å²) in [5.74, 6) is 1.63. The summed E-state index contributed by atoms with van der Waals surface area (Å²) in [5.41, 5.74) is 1.55. The molecule has 0 saturated heterocycles. The standard InChI is InChI=1S/C15H20N8/c1-4-6-16-12-11-13(23(9-19-11)10(2)3)21-15(20-12)22-14-17-7-5-8-18-14/h5,7-10H,4,6H2,1-3H3,(H2,16,17,18,20,21,22). The van der Waals surface area contributed by atoms with Crippen LogP contribution in [-0.4, -0.2) is 36.0 Å². The molecule has 0 radical (unpaired) electrons. The molecule has 0 aliphatic carbocycles. The third-order valence-corrected chi connectivity index (χ3v) is 3.31. The van der Waals surface area contributed by atoms with Crippen molar-refractivity contribution in [3.05, 3.63) is 24.8 Å². The first-order valence-electron chi connectivity index (χ1n) is 7.71. The van der Waals surface area contributed by atoms with Crippen molar-refractivity contribution in [3.8, 4) is 0 Å². The second kappa shape index (κ2) is 6.55. The van der Waals surface area contributed by atoms with Gasteiger partial charge >= 0.3 is 0 Å². The first-order chi connectivity index (χ1) is 11.2. The second-order valence-corrected chi connectivity index (χ2v) is 5.44. The highest BCUT2D eigenvalue weighted by Gasteiger charge is 2.15. The minimum Gasteiger partial charge on any atom is -0.368 e. The van der Waals surface area contributed by atoms with Gasteiger partial charge in [0.2, 0.25) is 11.9 Å². The van der Waals surface area contributed by atoms with E-state index in [-0.39, 0.29) is 6.04 Å². The summed E-state index contributed by atoms with van der Waals surface area (Å²) in [6.45, 7) is 7.11. The molecule has 0 unspecified atom stereocenters. The van der Waals surface area contributed by atoms with Gasteiger partial charge in [0, 0.05) is 25.0 Å². The Kier molecular flexibility index (Phi) is 4.31. The molecule has 0 amide bonds. The largest absolute Gasteiger partial charge is 0.368 e. The molecule has 0 spiro atoms. The number of aromatic nitrogens is 6. The van der Waals surface area contributed by atoms with Crippen molar-refractivity contribution < 1.29 is 0 Å². The number of hydrogen-bond acceptors (Lipinski definition) is 7. The minimum atomic E-state index is 0.259. The maximum absolute atomic E-state index is 4.58. The van der Waals surface area contributed by atoms with E-state index in [1.54, 1.807) is 24.8 Å². The quantitative estimate of drug-likeness (QED) is 0.722. The van der Waals surface area contributed by atoms with Gasteiger partial charge in [-0.25, -0.2) is 15.0 Å². The summed E-state index contributed by atoms with van der Waals surface area (Å²) in [5, 5.41) is 6.35. The molecule has 0 bridgehead atoms. The highest BCUT2D eigenvalue weighted by Crippen LogP contribution is 2.24. The van der Waals surface area contributed by atoms with Crippen LogP contribution in [0.4, 0.5) is 17.7 Å². The number of imidazole rings is 1. The fourth-order valence-corrected chi connectivity index (χ4v) is 2.18. The molecule has 0 aliphatic heterocycles. The summed E-state index contributed by atoms with van der Waals surface area (Å²) in [6, 6.07) is 2.02. The van der Waals surface area contributed by atoms with Gasteiger partial charge in [0.15, 0.2) is 17.0 Å². The van der Waals surface area contributed by atoms with Crippen LogP contribution in [0.2, 0.25) is 0 Å². The van der Waals surface area contributed by atoms with Gasteiger partial charge in [-0.1, -0.05) is 6.92 Å². The van der Waals surface area contributed by atoms with Gasteiger partial charge in [0.25, 0.3) is 0 Å². The van der Waals surface area contributed by atoms with Crippen molar-refractivity contribution in [2.45, 2.75) is 33.2 Å². The Bertz CT molecular complexity index is 781. The van der Waals surface area contributed by atoms with E-state index in [2.05, 4.69) is 56.3 Å². The van der Waals surface area contributed by atoms with Crippen LogP contribution in [0.15, 0.2) is 24.8 Å². The van der Waals surface area contributed by atoms with Crippen molar-refractivity contribution in [2.75, 3.05) is 17.2 Å². The molecule has 0 saturated carbocycles. The Labute approximate surface area is 134 Å². The molecule has 0 fully saturated rings.